The zero-order valence-corrected chi connectivity index (χ0v) is 12.6. The summed E-state index contributed by atoms with van der Waals surface area (Å²) in [4.78, 5) is -0.560. The molecule has 0 aliphatic heterocycles. The molecule has 0 aliphatic carbocycles. The molecule has 0 saturated carbocycles. The molecule has 0 saturated heterocycles. The summed E-state index contributed by atoms with van der Waals surface area (Å²) in [7, 11) is -3.78. The van der Waals surface area contributed by atoms with E-state index in [-0.39, 0.29) is 11.2 Å². The van der Waals surface area contributed by atoms with E-state index in [9.17, 15) is 17.2 Å². The standard InChI is InChI=1S/C14H21F2NO2S/c1-14(2,10-17)7-3-4-8-20(18,19)13-9-11(15)5-6-12(13)16/h5-6,9H,3-4,7-8,10,17H2,1-2H3. The minimum Gasteiger partial charge on any atom is -0.330 e. The number of unbranched alkanes of at least 4 members (excludes halogenated alkanes) is 1. The molecule has 0 fully saturated rings. The number of benzene rings is 1. The fourth-order valence-electron chi connectivity index (χ4n) is 1.82. The van der Waals surface area contributed by atoms with Gasteiger partial charge in [-0.05, 0) is 43.0 Å². The van der Waals surface area contributed by atoms with E-state index in [1.54, 1.807) is 0 Å². The zero-order valence-electron chi connectivity index (χ0n) is 11.8. The smallest absolute Gasteiger partial charge is 0.181 e. The SMILES string of the molecule is CC(C)(CN)CCCCS(=O)(=O)c1cc(F)ccc1F. The van der Waals surface area contributed by atoms with E-state index in [0.717, 1.165) is 24.6 Å². The van der Waals surface area contributed by atoms with Gasteiger partial charge in [0.25, 0.3) is 0 Å². The summed E-state index contributed by atoms with van der Waals surface area (Å²) >= 11 is 0. The lowest BCUT2D eigenvalue weighted by atomic mass is 9.88. The number of halogens is 2. The van der Waals surface area contributed by atoms with Gasteiger partial charge in [-0.15, -0.1) is 0 Å². The van der Waals surface area contributed by atoms with Crippen molar-refractivity contribution in [2.24, 2.45) is 11.1 Å². The van der Waals surface area contributed by atoms with Gasteiger partial charge >= 0.3 is 0 Å². The number of nitrogens with two attached hydrogens (primary N) is 1. The molecular formula is C14H21F2NO2S. The lowest BCUT2D eigenvalue weighted by Crippen LogP contribution is -2.23. The molecular weight excluding hydrogens is 284 g/mol. The van der Waals surface area contributed by atoms with Gasteiger partial charge in [-0.3, -0.25) is 0 Å². The predicted octanol–water partition coefficient (Wildman–Crippen LogP) is 2.89. The van der Waals surface area contributed by atoms with Crippen molar-refractivity contribution in [2.75, 3.05) is 12.3 Å². The summed E-state index contributed by atoms with van der Waals surface area (Å²) in [5.74, 6) is -1.85. The second-order valence-electron chi connectivity index (χ2n) is 5.72. The third kappa shape index (κ3) is 4.83. The molecule has 1 aromatic rings. The molecule has 0 unspecified atom stereocenters. The van der Waals surface area contributed by atoms with Crippen molar-refractivity contribution in [1.82, 2.24) is 0 Å². The van der Waals surface area contributed by atoms with Gasteiger partial charge in [-0.2, -0.15) is 0 Å². The highest BCUT2D eigenvalue weighted by molar-refractivity contribution is 7.91. The summed E-state index contributed by atoms with van der Waals surface area (Å²) in [6, 6.07) is 2.46. The number of hydrogen-bond donors (Lipinski definition) is 1. The molecule has 3 nitrogen and oxygen atoms in total. The van der Waals surface area contributed by atoms with Crippen molar-refractivity contribution in [3.63, 3.8) is 0 Å². The van der Waals surface area contributed by atoms with Crippen LogP contribution < -0.4 is 5.73 Å². The van der Waals surface area contributed by atoms with Crippen molar-refractivity contribution in [3.8, 4) is 0 Å². The predicted molar refractivity (Wildman–Crippen MR) is 75.1 cm³/mol. The topological polar surface area (TPSA) is 60.2 Å². The second kappa shape index (κ2) is 6.63. The minimum absolute atomic E-state index is 0.0339. The van der Waals surface area contributed by atoms with Crippen LogP contribution in [0.5, 0.6) is 0 Å². The number of sulfone groups is 1. The van der Waals surface area contributed by atoms with Crippen molar-refractivity contribution in [2.45, 2.75) is 38.0 Å². The molecule has 6 heteroatoms. The summed E-state index contributed by atoms with van der Waals surface area (Å²) in [6.45, 7) is 4.54. The highest BCUT2D eigenvalue weighted by Crippen LogP contribution is 2.23. The third-order valence-electron chi connectivity index (χ3n) is 3.30. The second-order valence-corrected chi connectivity index (χ2v) is 7.80. The van der Waals surface area contributed by atoms with Gasteiger partial charge in [0.1, 0.15) is 16.5 Å². The quantitative estimate of drug-likeness (QED) is 0.788. The summed E-state index contributed by atoms with van der Waals surface area (Å²) in [5.41, 5.74) is 5.56. The first kappa shape index (κ1) is 17.0. The van der Waals surface area contributed by atoms with Crippen LogP contribution in [0.3, 0.4) is 0 Å². The maximum atomic E-state index is 13.5. The highest BCUT2D eigenvalue weighted by Gasteiger charge is 2.21. The van der Waals surface area contributed by atoms with E-state index in [0.29, 0.717) is 19.4 Å². The molecule has 114 valence electrons. The molecule has 0 amide bonds. The van der Waals surface area contributed by atoms with Gasteiger partial charge in [0.2, 0.25) is 0 Å². The maximum absolute atomic E-state index is 13.5. The first-order valence-corrected chi connectivity index (χ1v) is 8.21. The molecule has 1 aromatic carbocycles. The van der Waals surface area contributed by atoms with Gasteiger partial charge in [0.15, 0.2) is 9.84 Å². The first-order chi connectivity index (χ1) is 9.18. The van der Waals surface area contributed by atoms with Gasteiger partial charge < -0.3 is 5.73 Å². The molecule has 2 N–H and O–H groups in total. The third-order valence-corrected chi connectivity index (χ3v) is 5.11. The average Bonchev–Trinajstić information content (AvgIpc) is 2.37. The maximum Gasteiger partial charge on any atom is 0.181 e. The van der Waals surface area contributed by atoms with E-state index in [2.05, 4.69) is 0 Å². The summed E-state index contributed by atoms with van der Waals surface area (Å²) in [6.07, 6.45) is 1.88. The Hall–Kier alpha value is -1.01. The Bertz CT molecular complexity index is 556. The van der Waals surface area contributed by atoms with Gasteiger partial charge in [-0.25, -0.2) is 17.2 Å². The Kier molecular flexibility index (Phi) is 5.65. The minimum atomic E-state index is -3.78. The summed E-state index contributed by atoms with van der Waals surface area (Å²) in [5, 5.41) is 0. The zero-order chi connectivity index (χ0) is 15.4. The van der Waals surface area contributed by atoms with Crippen molar-refractivity contribution in [3.05, 3.63) is 29.8 Å². The molecule has 0 aromatic heterocycles. The van der Waals surface area contributed by atoms with Crippen molar-refractivity contribution < 1.29 is 17.2 Å². The molecule has 0 heterocycles. The van der Waals surface area contributed by atoms with E-state index in [1.165, 1.54) is 0 Å². The molecule has 0 spiro atoms. The van der Waals surface area contributed by atoms with Crippen LogP contribution in [0.4, 0.5) is 8.78 Å². The van der Waals surface area contributed by atoms with Crippen LogP contribution in [0.1, 0.15) is 33.1 Å². The van der Waals surface area contributed by atoms with Crippen LogP contribution in [0.2, 0.25) is 0 Å². The Morgan fingerprint density at radius 2 is 1.85 bits per heavy atom. The first-order valence-electron chi connectivity index (χ1n) is 6.56. The lowest BCUT2D eigenvalue weighted by Gasteiger charge is -2.21. The van der Waals surface area contributed by atoms with E-state index in [1.807, 2.05) is 13.8 Å². The van der Waals surface area contributed by atoms with Gasteiger partial charge in [-0.1, -0.05) is 20.3 Å². The molecule has 0 radical (unpaired) electrons. The molecule has 0 aliphatic rings. The van der Waals surface area contributed by atoms with E-state index < -0.39 is 26.4 Å². The van der Waals surface area contributed by atoms with E-state index in [4.69, 9.17) is 5.73 Å². The van der Waals surface area contributed by atoms with Crippen LogP contribution in [-0.4, -0.2) is 20.7 Å². The van der Waals surface area contributed by atoms with Crippen LogP contribution >= 0.6 is 0 Å². The summed E-state index contributed by atoms with van der Waals surface area (Å²) < 4.78 is 50.4. The molecule has 0 bridgehead atoms. The fourth-order valence-corrected chi connectivity index (χ4v) is 3.28. The Labute approximate surface area is 119 Å². The van der Waals surface area contributed by atoms with Crippen LogP contribution in [-0.2, 0) is 9.84 Å². The Morgan fingerprint density at radius 1 is 1.20 bits per heavy atom. The van der Waals surface area contributed by atoms with E-state index >= 15 is 0 Å². The fraction of sp³-hybridized carbons (Fsp3) is 0.571. The van der Waals surface area contributed by atoms with Gasteiger partial charge in [0, 0.05) is 0 Å². The molecule has 20 heavy (non-hydrogen) atoms. The lowest BCUT2D eigenvalue weighted by molar-refractivity contribution is 0.335. The van der Waals surface area contributed by atoms with Crippen LogP contribution in [0.25, 0.3) is 0 Å². The monoisotopic (exact) mass is 305 g/mol. The van der Waals surface area contributed by atoms with Crippen LogP contribution in [0.15, 0.2) is 23.1 Å². The number of rotatable bonds is 7. The Balaban J connectivity index is 2.65. The average molecular weight is 305 g/mol. The van der Waals surface area contributed by atoms with Crippen molar-refractivity contribution in [1.29, 1.82) is 0 Å². The normalized spacial score (nSPS) is 12.7. The van der Waals surface area contributed by atoms with Crippen molar-refractivity contribution >= 4 is 9.84 Å². The molecule has 0 atom stereocenters. The number of hydrogen-bond acceptors (Lipinski definition) is 3. The Morgan fingerprint density at radius 3 is 2.45 bits per heavy atom. The molecule has 1 rings (SSSR count). The van der Waals surface area contributed by atoms with Gasteiger partial charge in [0.05, 0.1) is 5.75 Å². The highest BCUT2D eigenvalue weighted by atomic mass is 32.2. The van der Waals surface area contributed by atoms with Crippen LogP contribution in [0, 0.1) is 17.0 Å². The largest absolute Gasteiger partial charge is 0.330 e.